The lowest BCUT2D eigenvalue weighted by molar-refractivity contribution is -0.137. The van der Waals surface area contributed by atoms with Crippen molar-refractivity contribution >= 4 is 20.0 Å². The van der Waals surface area contributed by atoms with E-state index in [4.69, 9.17) is 9.16 Å². The van der Waals surface area contributed by atoms with Gasteiger partial charge in [0, 0.05) is 6.20 Å². The van der Waals surface area contributed by atoms with Crippen LogP contribution in [0, 0.1) is 0 Å². The Morgan fingerprint density at radius 2 is 2.04 bits per heavy atom. The fourth-order valence-corrected chi connectivity index (χ4v) is 3.56. The summed E-state index contributed by atoms with van der Waals surface area (Å²) in [6.07, 6.45) is -2.95. The largest absolute Gasteiger partial charge is 0.489 e. The van der Waals surface area contributed by atoms with Crippen LogP contribution in [-0.4, -0.2) is 32.0 Å². The third-order valence-corrected chi connectivity index (χ3v) is 8.46. The molecule has 2 heterocycles. The van der Waals surface area contributed by atoms with Crippen molar-refractivity contribution in [1.29, 1.82) is 0 Å². The highest BCUT2D eigenvalue weighted by Gasteiger charge is 2.45. The van der Waals surface area contributed by atoms with Crippen molar-refractivity contribution in [3.05, 3.63) is 47.9 Å². The zero-order valence-corrected chi connectivity index (χ0v) is 17.6. The van der Waals surface area contributed by atoms with Crippen LogP contribution in [0.1, 0.15) is 26.3 Å². The van der Waals surface area contributed by atoms with Gasteiger partial charge in [-0.3, -0.25) is 9.69 Å². The number of ether oxygens (including phenoxy) is 1. The first kappa shape index (κ1) is 22.2. The molecule has 2 rings (SSSR count). The molecule has 154 valence electrons. The summed E-state index contributed by atoms with van der Waals surface area (Å²) in [7, 11) is -2.29. The lowest BCUT2D eigenvalue weighted by Gasteiger charge is -2.35. The Balaban J connectivity index is 2.52. The number of rotatable bonds is 7. The van der Waals surface area contributed by atoms with Crippen molar-refractivity contribution in [3.8, 4) is 0 Å². The van der Waals surface area contributed by atoms with E-state index in [2.05, 4.69) is 11.6 Å². The van der Waals surface area contributed by atoms with Crippen molar-refractivity contribution < 1.29 is 27.1 Å². The molecular formula is C19H25F3N2O3Si. The Bertz CT molecular complexity index is 791. The van der Waals surface area contributed by atoms with Gasteiger partial charge in [-0.05, 0) is 37.7 Å². The topological polar surface area (TPSA) is 51.7 Å². The van der Waals surface area contributed by atoms with Gasteiger partial charge in [0.2, 0.25) is 0 Å². The first-order valence-electron chi connectivity index (χ1n) is 8.89. The van der Waals surface area contributed by atoms with Crippen LogP contribution in [0.2, 0.25) is 18.6 Å². The van der Waals surface area contributed by atoms with Gasteiger partial charge in [-0.2, -0.15) is 13.2 Å². The molecule has 9 heteroatoms. The van der Waals surface area contributed by atoms with Crippen molar-refractivity contribution in [2.24, 2.45) is 0 Å². The number of aromatic nitrogens is 1. The van der Waals surface area contributed by atoms with Gasteiger partial charge >= 0.3 is 6.18 Å². The van der Waals surface area contributed by atoms with Crippen LogP contribution in [0.5, 0.6) is 0 Å². The predicted octanol–water partition coefficient (Wildman–Crippen LogP) is 4.88. The zero-order valence-electron chi connectivity index (χ0n) is 16.6. The average molecular weight is 415 g/mol. The van der Waals surface area contributed by atoms with Gasteiger partial charge in [-0.15, -0.1) is 0 Å². The van der Waals surface area contributed by atoms with Gasteiger partial charge in [0.25, 0.3) is 5.91 Å². The molecule has 0 saturated carbocycles. The lowest BCUT2D eigenvalue weighted by Crippen LogP contribution is -2.47. The Labute approximate surface area is 164 Å². The normalized spacial score (nSPS) is 18.2. The van der Waals surface area contributed by atoms with E-state index < -0.39 is 32.2 Å². The van der Waals surface area contributed by atoms with E-state index in [9.17, 15) is 18.0 Å². The maximum atomic E-state index is 13.1. The summed E-state index contributed by atoms with van der Waals surface area (Å²) in [5, 5.41) is 0. The minimum absolute atomic E-state index is 0.130. The molecule has 0 aromatic carbocycles. The van der Waals surface area contributed by atoms with Crippen molar-refractivity contribution in [2.75, 3.05) is 11.5 Å². The van der Waals surface area contributed by atoms with Crippen LogP contribution < -0.4 is 4.90 Å². The van der Waals surface area contributed by atoms with Crippen LogP contribution in [0.25, 0.3) is 0 Å². The zero-order chi connectivity index (χ0) is 21.3. The van der Waals surface area contributed by atoms with Gasteiger partial charge < -0.3 is 9.16 Å². The molecule has 1 aromatic rings. The molecule has 0 aliphatic carbocycles. The minimum Gasteiger partial charge on any atom is -0.489 e. The SMILES string of the molecule is C=CCOC1=C(C)C(=O)N(c2cc(C(F)(F)F)ccn2)C1O[Si](C)(C)C(C)C. The van der Waals surface area contributed by atoms with Crippen molar-refractivity contribution in [3.63, 3.8) is 0 Å². The number of hydrogen-bond donors (Lipinski definition) is 0. The maximum Gasteiger partial charge on any atom is 0.416 e. The number of alkyl halides is 3. The average Bonchev–Trinajstić information content (AvgIpc) is 2.82. The van der Waals surface area contributed by atoms with Crippen LogP contribution in [-0.2, 0) is 20.1 Å². The van der Waals surface area contributed by atoms with E-state index in [-0.39, 0.29) is 29.3 Å². The number of carbonyl (C=O) groups excluding carboxylic acids is 1. The minimum atomic E-state index is -4.55. The Morgan fingerprint density at radius 3 is 2.57 bits per heavy atom. The summed E-state index contributed by atoms with van der Waals surface area (Å²) >= 11 is 0. The summed E-state index contributed by atoms with van der Waals surface area (Å²) < 4.78 is 51.4. The van der Waals surface area contributed by atoms with Crippen LogP contribution in [0.3, 0.4) is 0 Å². The molecule has 0 fully saturated rings. The fourth-order valence-electron chi connectivity index (χ4n) is 2.50. The number of carbonyl (C=O) groups is 1. The standard InChI is InChI=1S/C19H25F3N2O3Si/c1-7-10-26-16-13(4)17(25)24(18(16)27-28(5,6)12(2)3)15-11-14(8-9-23-15)19(20,21)22/h7-9,11-12,18H,1,10H2,2-6H3. The molecule has 1 aromatic heterocycles. The molecule has 1 atom stereocenters. The molecule has 0 N–H and O–H groups in total. The highest BCUT2D eigenvalue weighted by Crippen LogP contribution is 2.37. The Kier molecular flexibility index (Phi) is 6.40. The van der Waals surface area contributed by atoms with Gasteiger partial charge in [-0.25, -0.2) is 4.98 Å². The van der Waals surface area contributed by atoms with E-state index in [1.54, 1.807) is 6.92 Å². The highest BCUT2D eigenvalue weighted by molar-refractivity contribution is 6.72. The molecule has 5 nitrogen and oxygen atoms in total. The van der Waals surface area contributed by atoms with E-state index in [1.165, 1.54) is 6.08 Å². The number of hydrogen-bond acceptors (Lipinski definition) is 4. The fraction of sp³-hybridized carbons (Fsp3) is 0.474. The first-order valence-corrected chi connectivity index (χ1v) is 11.9. The molecule has 0 radical (unpaired) electrons. The van der Waals surface area contributed by atoms with Crippen LogP contribution in [0.15, 0.2) is 42.3 Å². The van der Waals surface area contributed by atoms with Gasteiger partial charge in [-0.1, -0.05) is 26.5 Å². The molecule has 1 aliphatic heterocycles. The van der Waals surface area contributed by atoms with Crippen molar-refractivity contribution in [1.82, 2.24) is 4.98 Å². The third kappa shape index (κ3) is 4.47. The van der Waals surface area contributed by atoms with E-state index in [0.717, 1.165) is 23.2 Å². The van der Waals surface area contributed by atoms with Crippen LogP contribution in [0.4, 0.5) is 19.0 Å². The molecule has 0 saturated heterocycles. The summed E-state index contributed by atoms with van der Waals surface area (Å²) in [6, 6.07) is 1.71. The number of amides is 1. The van der Waals surface area contributed by atoms with E-state index in [1.807, 2.05) is 26.9 Å². The number of anilines is 1. The predicted molar refractivity (Wildman–Crippen MR) is 103 cm³/mol. The smallest absolute Gasteiger partial charge is 0.416 e. The third-order valence-electron chi connectivity index (χ3n) is 4.85. The number of pyridine rings is 1. The molecule has 1 aliphatic rings. The summed E-state index contributed by atoms with van der Waals surface area (Å²) in [4.78, 5) is 18.0. The molecular weight excluding hydrogens is 389 g/mol. The molecule has 0 spiro atoms. The van der Waals surface area contributed by atoms with Gasteiger partial charge in [0.1, 0.15) is 12.4 Å². The molecule has 1 unspecified atom stereocenters. The number of halogens is 3. The molecule has 1 amide bonds. The second-order valence-electron chi connectivity index (χ2n) is 7.39. The van der Waals surface area contributed by atoms with Crippen molar-refractivity contribution in [2.45, 2.75) is 51.8 Å². The summed E-state index contributed by atoms with van der Waals surface area (Å²) in [6.45, 7) is 13.3. The van der Waals surface area contributed by atoms with E-state index >= 15 is 0 Å². The highest BCUT2D eigenvalue weighted by atomic mass is 28.4. The second kappa shape index (κ2) is 8.08. The van der Waals surface area contributed by atoms with Gasteiger partial charge in [0.15, 0.2) is 20.3 Å². The summed E-state index contributed by atoms with van der Waals surface area (Å²) in [5.41, 5.74) is -0.400. The number of nitrogens with zero attached hydrogens (tertiary/aromatic N) is 2. The van der Waals surface area contributed by atoms with Crippen LogP contribution >= 0.6 is 0 Å². The lowest BCUT2D eigenvalue weighted by atomic mass is 10.2. The second-order valence-corrected chi connectivity index (χ2v) is 12.0. The summed E-state index contributed by atoms with van der Waals surface area (Å²) in [5.74, 6) is -0.343. The monoisotopic (exact) mass is 414 g/mol. The maximum absolute atomic E-state index is 13.1. The molecule has 28 heavy (non-hydrogen) atoms. The first-order chi connectivity index (χ1) is 12.9. The molecule has 0 bridgehead atoms. The Hall–Kier alpha value is -2.13. The quantitative estimate of drug-likeness (QED) is 0.471. The Morgan fingerprint density at radius 1 is 1.39 bits per heavy atom. The van der Waals surface area contributed by atoms with E-state index in [0.29, 0.717) is 0 Å². The van der Waals surface area contributed by atoms with Gasteiger partial charge in [0.05, 0.1) is 11.1 Å².